The van der Waals surface area contributed by atoms with Crippen molar-refractivity contribution in [2.75, 3.05) is 19.7 Å². The number of carbonyl (C=O) groups is 3. The number of hydrogen-bond donors (Lipinski definition) is 2. The molecular weight excluding hydrogens is 410 g/mol. The Balaban J connectivity index is 1.21. The molecule has 2 heterocycles. The molecule has 2 N–H and O–H groups in total. The van der Waals surface area contributed by atoms with E-state index in [0.717, 1.165) is 29.7 Å². The lowest BCUT2D eigenvalue weighted by molar-refractivity contribution is -0.134. The summed E-state index contributed by atoms with van der Waals surface area (Å²) in [6, 6.07) is 12.7. The summed E-state index contributed by atoms with van der Waals surface area (Å²) in [4.78, 5) is 39.2. The second-order valence-corrected chi connectivity index (χ2v) is 8.59. The van der Waals surface area contributed by atoms with Gasteiger partial charge in [0.05, 0.1) is 6.54 Å². The molecule has 2 atom stereocenters. The predicted octanol–water partition coefficient (Wildman–Crippen LogP) is 1.90. The number of aryl methyl sites for hydroxylation is 2. The number of para-hydroxylation sites is 2. The Morgan fingerprint density at radius 1 is 1.16 bits per heavy atom. The lowest BCUT2D eigenvalue weighted by atomic mass is 9.89. The Morgan fingerprint density at radius 3 is 2.78 bits per heavy atom. The fourth-order valence-corrected chi connectivity index (χ4v) is 4.51. The second-order valence-electron chi connectivity index (χ2n) is 8.59. The maximum absolute atomic E-state index is 13.1. The third-order valence-corrected chi connectivity index (χ3v) is 6.35. The number of hydrogen-bond acceptors (Lipinski definition) is 5. The van der Waals surface area contributed by atoms with E-state index in [4.69, 9.17) is 9.47 Å². The van der Waals surface area contributed by atoms with Crippen LogP contribution in [0.1, 0.15) is 30.0 Å². The molecule has 1 fully saturated rings. The van der Waals surface area contributed by atoms with E-state index in [1.807, 2.05) is 36.4 Å². The van der Waals surface area contributed by atoms with E-state index in [1.54, 1.807) is 13.0 Å². The minimum atomic E-state index is -1.18. The van der Waals surface area contributed by atoms with E-state index < -0.39 is 23.4 Å². The number of nitrogens with zero attached hydrogens (tertiary/aromatic N) is 1. The Morgan fingerprint density at radius 2 is 1.94 bits per heavy atom. The molecule has 5 rings (SSSR count). The van der Waals surface area contributed by atoms with Gasteiger partial charge in [-0.05, 0) is 55.0 Å². The Hall–Kier alpha value is -3.55. The zero-order valence-corrected chi connectivity index (χ0v) is 17.8. The molecule has 32 heavy (non-hydrogen) atoms. The number of carbonyl (C=O) groups excluding carboxylic acids is 3. The summed E-state index contributed by atoms with van der Waals surface area (Å²) in [5.41, 5.74) is 2.07. The van der Waals surface area contributed by atoms with Gasteiger partial charge < -0.3 is 20.1 Å². The molecule has 0 bridgehead atoms. The molecule has 0 spiro atoms. The minimum Gasteiger partial charge on any atom is -0.486 e. The van der Waals surface area contributed by atoms with Crippen LogP contribution in [0.2, 0.25) is 0 Å². The third-order valence-electron chi connectivity index (χ3n) is 6.35. The van der Waals surface area contributed by atoms with Crippen LogP contribution in [0.4, 0.5) is 4.79 Å². The van der Waals surface area contributed by atoms with Crippen LogP contribution >= 0.6 is 0 Å². The molecule has 1 aliphatic carbocycles. The maximum Gasteiger partial charge on any atom is 0.325 e. The summed E-state index contributed by atoms with van der Waals surface area (Å²) >= 11 is 0. The van der Waals surface area contributed by atoms with Gasteiger partial charge in [0.2, 0.25) is 5.91 Å². The van der Waals surface area contributed by atoms with Gasteiger partial charge in [-0.25, -0.2) is 4.79 Å². The van der Waals surface area contributed by atoms with Crippen LogP contribution in [-0.4, -0.2) is 48.5 Å². The number of imide groups is 1. The Labute approximate surface area is 185 Å². The average molecular weight is 435 g/mol. The first-order valence-corrected chi connectivity index (χ1v) is 10.9. The highest BCUT2D eigenvalue weighted by Crippen LogP contribution is 2.33. The molecular formula is C24H25N3O5. The van der Waals surface area contributed by atoms with Crippen molar-refractivity contribution in [1.82, 2.24) is 15.5 Å². The number of benzene rings is 2. The topological polar surface area (TPSA) is 97.0 Å². The molecule has 0 aromatic heterocycles. The number of nitrogens with one attached hydrogen (secondary N) is 2. The largest absolute Gasteiger partial charge is 0.486 e. The van der Waals surface area contributed by atoms with Crippen LogP contribution in [-0.2, 0) is 28.0 Å². The van der Waals surface area contributed by atoms with Crippen molar-refractivity contribution in [1.29, 1.82) is 0 Å². The van der Waals surface area contributed by atoms with E-state index in [-0.39, 0.29) is 19.2 Å². The first-order chi connectivity index (χ1) is 15.4. The molecule has 8 heteroatoms. The van der Waals surface area contributed by atoms with Crippen molar-refractivity contribution in [2.24, 2.45) is 0 Å². The first kappa shape index (κ1) is 20.4. The van der Waals surface area contributed by atoms with E-state index >= 15 is 0 Å². The minimum absolute atomic E-state index is 0.207. The van der Waals surface area contributed by atoms with Gasteiger partial charge in [-0.1, -0.05) is 30.3 Å². The van der Waals surface area contributed by atoms with Crippen molar-refractivity contribution < 1.29 is 23.9 Å². The van der Waals surface area contributed by atoms with Gasteiger partial charge in [0.15, 0.2) is 11.5 Å². The molecule has 8 nitrogen and oxygen atoms in total. The van der Waals surface area contributed by atoms with Gasteiger partial charge in [0, 0.05) is 0 Å². The summed E-state index contributed by atoms with van der Waals surface area (Å²) in [5, 5.41) is 5.51. The highest BCUT2D eigenvalue weighted by atomic mass is 16.6. The van der Waals surface area contributed by atoms with Crippen molar-refractivity contribution >= 4 is 17.8 Å². The smallest absolute Gasteiger partial charge is 0.325 e. The van der Waals surface area contributed by atoms with Crippen LogP contribution in [0.3, 0.4) is 0 Å². The molecule has 2 aromatic carbocycles. The van der Waals surface area contributed by atoms with Gasteiger partial charge >= 0.3 is 6.03 Å². The van der Waals surface area contributed by atoms with Crippen LogP contribution in [0, 0.1) is 0 Å². The number of rotatable bonds is 5. The summed E-state index contributed by atoms with van der Waals surface area (Å²) in [5.74, 6) is 0.424. The molecule has 166 valence electrons. The van der Waals surface area contributed by atoms with Crippen molar-refractivity contribution in [3.8, 4) is 11.5 Å². The van der Waals surface area contributed by atoms with Crippen molar-refractivity contribution in [3.05, 3.63) is 59.2 Å². The fraction of sp³-hybridized carbons (Fsp3) is 0.375. The van der Waals surface area contributed by atoms with Gasteiger partial charge in [0.1, 0.15) is 24.8 Å². The van der Waals surface area contributed by atoms with Crippen LogP contribution < -0.4 is 20.1 Å². The monoisotopic (exact) mass is 435 g/mol. The highest BCUT2D eigenvalue weighted by Gasteiger charge is 2.49. The van der Waals surface area contributed by atoms with Crippen LogP contribution in [0.25, 0.3) is 0 Å². The average Bonchev–Trinajstić information content (AvgIpc) is 3.36. The summed E-state index contributed by atoms with van der Waals surface area (Å²) in [6.07, 6.45) is 2.77. The molecule has 0 saturated carbocycles. The molecule has 0 radical (unpaired) electrons. The summed E-state index contributed by atoms with van der Waals surface area (Å²) in [6.45, 7) is 1.84. The number of amides is 4. The zero-order valence-electron chi connectivity index (χ0n) is 17.8. The van der Waals surface area contributed by atoms with E-state index in [9.17, 15) is 14.4 Å². The van der Waals surface area contributed by atoms with Gasteiger partial charge in [-0.3, -0.25) is 14.5 Å². The van der Waals surface area contributed by atoms with Gasteiger partial charge in [0.25, 0.3) is 5.91 Å². The molecule has 3 aliphatic rings. The molecule has 1 saturated heterocycles. The highest BCUT2D eigenvalue weighted by molar-refractivity contribution is 6.09. The Kier molecular flexibility index (Phi) is 5.00. The van der Waals surface area contributed by atoms with Crippen molar-refractivity contribution in [3.63, 3.8) is 0 Å². The molecule has 4 amide bonds. The SMILES string of the molecule is C[C@@]1(c2ccc3c(c2)CCC3)NC(=O)N(CC(=O)NC[C@@H]2COc3ccccc3O2)C1=O. The number of ether oxygens (including phenoxy) is 2. The second kappa shape index (κ2) is 7.85. The van der Waals surface area contributed by atoms with E-state index in [0.29, 0.717) is 18.1 Å². The maximum atomic E-state index is 13.1. The van der Waals surface area contributed by atoms with Crippen LogP contribution in [0.5, 0.6) is 11.5 Å². The van der Waals surface area contributed by atoms with Gasteiger partial charge in [-0.15, -0.1) is 0 Å². The molecule has 2 aliphatic heterocycles. The molecule has 2 aromatic rings. The normalized spacial score (nSPS) is 23.7. The van der Waals surface area contributed by atoms with Crippen LogP contribution in [0.15, 0.2) is 42.5 Å². The molecule has 0 unspecified atom stereocenters. The van der Waals surface area contributed by atoms with E-state index in [1.165, 1.54) is 11.1 Å². The van der Waals surface area contributed by atoms with Gasteiger partial charge in [-0.2, -0.15) is 0 Å². The Bertz CT molecular complexity index is 1100. The summed E-state index contributed by atoms with van der Waals surface area (Å²) in [7, 11) is 0. The third kappa shape index (κ3) is 3.55. The quantitative estimate of drug-likeness (QED) is 0.700. The standard InChI is InChI=1S/C24H25N3O5/c1-24(17-10-9-15-5-4-6-16(15)11-17)22(29)27(23(30)26-24)13-21(28)25-12-18-14-31-19-7-2-3-8-20(19)32-18/h2-3,7-11,18H,4-6,12-14H2,1H3,(H,25,28)(H,26,30)/t18-,24+/m1/s1. The predicted molar refractivity (Wildman–Crippen MR) is 115 cm³/mol. The van der Waals surface area contributed by atoms with Crippen molar-refractivity contribution in [2.45, 2.75) is 37.8 Å². The number of fused-ring (bicyclic) bond motifs is 2. The number of urea groups is 1. The van der Waals surface area contributed by atoms with E-state index in [2.05, 4.69) is 10.6 Å². The fourth-order valence-electron chi connectivity index (χ4n) is 4.51. The first-order valence-electron chi connectivity index (χ1n) is 10.9. The lowest BCUT2D eigenvalue weighted by Gasteiger charge is -2.26. The lowest BCUT2D eigenvalue weighted by Crippen LogP contribution is -2.46. The summed E-state index contributed by atoms with van der Waals surface area (Å²) < 4.78 is 11.5. The zero-order chi connectivity index (χ0) is 22.3.